The fraction of sp³-hybridized carbons (Fsp3) is 0.364. The van der Waals surface area contributed by atoms with Crippen LogP contribution in [0.1, 0.15) is 23.5 Å². The van der Waals surface area contributed by atoms with Crippen molar-refractivity contribution in [2.45, 2.75) is 19.3 Å². The van der Waals surface area contributed by atoms with Crippen LogP contribution in [0.2, 0.25) is 0 Å². The fourth-order valence-corrected chi connectivity index (χ4v) is 1.85. The first-order chi connectivity index (χ1) is 6.68. The molecule has 0 amide bonds. The van der Waals surface area contributed by atoms with E-state index in [0.29, 0.717) is 6.61 Å². The molecule has 0 fully saturated rings. The standard InChI is InChI=1S/C11H12O3/c1-7-3-2-4-9-8(5-10(12)13)6-14-11(7)9/h2-4,8H,5-6H2,1H3,(H,12,13)/t8-/m1/s1. The number of carboxylic acids is 1. The molecule has 0 saturated heterocycles. The quantitative estimate of drug-likeness (QED) is 0.779. The first-order valence-corrected chi connectivity index (χ1v) is 4.62. The molecule has 1 heterocycles. The number of hydrogen-bond acceptors (Lipinski definition) is 2. The molecule has 1 aliphatic heterocycles. The van der Waals surface area contributed by atoms with E-state index in [2.05, 4.69) is 0 Å². The molecule has 3 heteroatoms. The highest BCUT2D eigenvalue weighted by Crippen LogP contribution is 2.37. The molecule has 1 atom stereocenters. The van der Waals surface area contributed by atoms with Crippen molar-refractivity contribution in [3.8, 4) is 5.75 Å². The lowest BCUT2D eigenvalue weighted by Crippen LogP contribution is -2.07. The Hall–Kier alpha value is -1.51. The van der Waals surface area contributed by atoms with E-state index in [0.717, 1.165) is 16.9 Å². The van der Waals surface area contributed by atoms with E-state index in [1.807, 2.05) is 25.1 Å². The zero-order chi connectivity index (χ0) is 10.1. The van der Waals surface area contributed by atoms with Gasteiger partial charge in [-0.2, -0.15) is 0 Å². The lowest BCUT2D eigenvalue weighted by atomic mass is 9.96. The molecule has 0 radical (unpaired) electrons. The Balaban J connectivity index is 2.30. The summed E-state index contributed by atoms with van der Waals surface area (Å²) in [4.78, 5) is 10.6. The van der Waals surface area contributed by atoms with Gasteiger partial charge in [-0.25, -0.2) is 0 Å². The first kappa shape index (κ1) is 9.06. The third-order valence-electron chi connectivity index (χ3n) is 2.53. The minimum absolute atomic E-state index is 0.0161. The molecule has 0 saturated carbocycles. The second-order valence-corrected chi connectivity index (χ2v) is 3.60. The monoisotopic (exact) mass is 192 g/mol. The van der Waals surface area contributed by atoms with E-state index in [-0.39, 0.29) is 12.3 Å². The average molecular weight is 192 g/mol. The maximum atomic E-state index is 10.6. The van der Waals surface area contributed by atoms with Crippen molar-refractivity contribution >= 4 is 5.97 Å². The van der Waals surface area contributed by atoms with Crippen LogP contribution in [0.3, 0.4) is 0 Å². The molecule has 0 aliphatic carbocycles. The number of rotatable bonds is 2. The number of aliphatic carboxylic acids is 1. The van der Waals surface area contributed by atoms with Gasteiger partial charge in [0.1, 0.15) is 5.75 Å². The first-order valence-electron chi connectivity index (χ1n) is 4.62. The number of hydrogen-bond donors (Lipinski definition) is 1. The lowest BCUT2D eigenvalue weighted by Gasteiger charge is -2.04. The van der Waals surface area contributed by atoms with Crippen LogP contribution in [0.5, 0.6) is 5.75 Å². The highest BCUT2D eigenvalue weighted by molar-refractivity contribution is 5.68. The van der Waals surface area contributed by atoms with Crippen LogP contribution in [0.15, 0.2) is 18.2 Å². The number of carbonyl (C=O) groups is 1. The van der Waals surface area contributed by atoms with Gasteiger partial charge in [0.2, 0.25) is 0 Å². The van der Waals surface area contributed by atoms with Crippen LogP contribution in [-0.4, -0.2) is 17.7 Å². The predicted octanol–water partition coefficient (Wildman–Crippen LogP) is 1.95. The summed E-state index contributed by atoms with van der Waals surface area (Å²) in [7, 11) is 0. The average Bonchev–Trinajstić information content (AvgIpc) is 2.49. The van der Waals surface area contributed by atoms with Gasteiger partial charge in [-0.15, -0.1) is 0 Å². The minimum Gasteiger partial charge on any atom is -0.492 e. The van der Waals surface area contributed by atoms with E-state index in [1.54, 1.807) is 0 Å². The molecule has 2 rings (SSSR count). The maximum absolute atomic E-state index is 10.6. The highest BCUT2D eigenvalue weighted by Gasteiger charge is 2.26. The van der Waals surface area contributed by atoms with Gasteiger partial charge in [0.15, 0.2) is 0 Å². The highest BCUT2D eigenvalue weighted by atomic mass is 16.5. The number of aryl methyl sites for hydroxylation is 1. The molecule has 1 aromatic rings. The molecule has 1 aliphatic rings. The van der Waals surface area contributed by atoms with Gasteiger partial charge in [-0.1, -0.05) is 18.2 Å². The number of para-hydroxylation sites is 1. The van der Waals surface area contributed by atoms with Crippen LogP contribution in [0, 0.1) is 6.92 Å². The predicted molar refractivity (Wildman–Crippen MR) is 51.7 cm³/mol. The van der Waals surface area contributed by atoms with E-state index in [1.165, 1.54) is 0 Å². The van der Waals surface area contributed by atoms with Gasteiger partial charge in [0.05, 0.1) is 13.0 Å². The van der Waals surface area contributed by atoms with Crippen molar-refractivity contribution < 1.29 is 14.6 Å². The van der Waals surface area contributed by atoms with Crippen molar-refractivity contribution in [1.29, 1.82) is 0 Å². The van der Waals surface area contributed by atoms with E-state index in [4.69, 9.17) is 9.84 Å². The largest absolute Gasteiger partial charge is 0.492 e. The van der Waals surface area contributed by atoms with Crippen molar-refractivity contribution in [1.82, 2.24) is 0 Å². The van der Waals surface area contributed by atoms with Crippen molar-refractivity contribution in [2.75, 3.05) is 6.61 Å². The lowest BCUT2D eigenvalue weighted by molar-refractivity contribution is -0.137. The van der Waals surface area contributed by atoms with Gasteiger partial charge >= 0.3 is 5.97 Å². The van der Waals surface area contributed by atoms with Gasteiger partial charge in [-0.05, 0) is 12.5 Å². The molecule has 14 heavy (non-hydrogen) atoms. The second kappa shape index (κ2) is 3.33. The molecule has 0 unspecified atom stereocenters. The Morgan fingerprint density at radius 2 is 2.43 bits per heavy atom. The van der Waals surface area contributed by atoms with Gasteiger partial charge in [-0.3, -0.25) is 4.79 Å². The summed E-state index contributed by atoms with van der Waals surface area (Å²) < 4.78 is 5.48. The fourth-order valence-electron chi connectivity index (χ4n) is 1.85. The molecule has 0 spiro atoms. The zero-order valence-electron chi connectivity index (χ0n) is 7.99. The Labute approximate surface area is 82.3 Å². The summed E-state index contributed by atoms with van der Waals surface area (Å²) in [5.41, 5.74) is 2.11. The summed E-state index contributed by atoms with van der Waals surface area (Å²) >= 11 is 0. The number of fused-ring (bicyclic) bond motifs is 1. The normalized spacial score (nSPS) is 18.8. The molecular formula is C11H12O3. The molecule has 0 aromatic heterocycles. The Morgan fingerprint density at radius 3 is 3.14 bits per heavy atom. The molecular weight excluding hydrogens is 180 g/mol. The van der Waals surface area contributed by atoms with Gasteiger partial charge in [0.25, 0.3) is 0 Å². The summed E-state index contributed by atoms with van der Waals surface area (Å²) in [6.45, 7) is 2.47. The third-order valence-corrected chi connectivity index (χ3v) is 2.53. The van der Waals surface area contributed by atoms with E-state index in [9.17, 15) is 4.79 Å². The van der Waals surface area contributed by atoms with Crippen LogP contribution >= 0.6 is 0 Å². The van der Waals surface area contributed by atoms with Crippen LogP contribution < -0.4 is 4.74 Å². The number of carboxylic acid groups (broad SMARTS) is 1. The second-order valence-electron chi connectivity index (χ2n) is 3.60. The summed E-state index contributed by atoms with van der Waals surface area (Å²) in [5.74, 6) is 0.120. The van der Waals surface area contributed by atoms with Crippen molar-refractivity contribution in [2.24, 2.45) is 0 Å². The summed E-state index contributed by atoms with van der Waals surface area (Å²) in [5, 5.41) is 8.71. The molecule has 1 aromatic carbocycles. The third kappa shape index (κ3) is 1.45. The van der Waals surface area contributed by atoms with Crippen LogP contribution in [0.25, 0.3) is 0 Å². The van der Waals surface area contributed by atoms with E-state index < -0.39 is 5.97 Å². The Kier molecular flexibility index (Phi) is 2.15. The van der Waals surface area contributed by atoms with E-state index >= 15 is 0 Å². The molecule has 0 bridgehead atoms. The zero-order valence-corrected chi connectivity index (χ0v) is 7.99. The summed E-state index contributed by atoms with van der Waals surface area (Å²) in [6, 6.07) is 5.86. The molecule has 1 N–H and O–H groups in total. The molecule has 74 valence electrons. The SMILES string of the molecule is Cc1cccc2c1OC[C@H]2CC(=O)O. The van der Waals surface area contributed by atoms with Crippen LogP contribution in [-0.2, 0) is 4.79 Å². The Bertz CT molecular complexity index is 371. The smallest absolute Gasteiger partial charge is 0.304 e. The van der Waals surface area contributed by atoms with Crippen LogP contribution in [0.4, 0.5) is 0 Å². The van der Waals surface area contributed by atoms with Crippen molar-refractivity contribution in [3.63, 3.8) is 0 Å². The van der Waals surface area contributed by atoms with Crippen molar-refractivity contribution in [3.05, 3.63) is 29.3 Å². The number of ether oxygens (including phenoxy) is 1. The maximum Gasteiger partial charge on any atom is 0.304 e. The topological polar surface area (TPSA) is 46.5 Å². The number of benzene rings is 1. The summed E-state index contributed by atoms with van der Waals surface area (Å²) in [6.07, 6.45) is 0.149. The minimum atomic E-state index is -0.770. The van der Waals surface area contributed by atoms with Gasteiger partial charge in [0, 0.05) is 11.5 Å². The van der Waals surface area contributed by atoms with Gasteiger partial charge < -0.3 is 9.84 Å². The Morgan fingerprint density at radius 1 is 1.64 bits per heavy atom. The molecule has 3 nitrogen and oxygen atoms in total.